The number of rotatable bonds is 1. The molecule has 0 atom stereocenters. The highest BCUT2D eigenvalue weighted by molar-refractivity contribution is 5.44. The number of nitrogens with one attached hydrogen (secondary N) is 1. The van der Waals surface area contributed by atoms with Crippen LogP contribution in [0.5, 0.6) is 0 Å². The molecule has 4 nitrogen and oxygen atoms in total. The summed E-state index contributed by atoms with van der Waals surface area (Å²) in [7, 11) is 1.77. The van der Waals surface area contributed by atoms with Gasteiger partial charge in [-0.3, -0.25) is 4.57 Å². The van der Waals surface area contributed by atoms with E-state index in [2.05, 4.69) is 10.3 Å². The maximum absolute atomic E-state index is 11.8. The lowest BCUT2D eigenvalue weighted by Crippen LogP contribution is -2.38. The molecule has 0 unspecified atom stereocenters. The highest BCUT2D eigenvalue weighted by Gasteiger charge is 2.20. The van der Waals surface area contributed by atoms with Crippen molar-refractivity contribution in [3.63, 3.8) is 0 Å². The van der Waals surface area contributed by atoms with Crippen LogP contribution in [0, 0.1) is 13.8 Å². The number of aromatic nitrogens is 2. The van der Waals surface area contributed by atoms with Crippen molar-refractivity contribution in [2.75, 3.05) is 12.4 Å². The molecule has 0 aromatic carbocycles. The third-order valence-electron chi connectivity index (χ3n) is 2.54. The summed E-state index contributed by atoms with van der Waals surface area (Å²) in [5, 5.41) is 2.93. The average Bonchev–Trinajstić information content (AvgIpc) is 2.09. The second-order valence-electron chi connectivity index (χ2n) is 4.71. The molecular weight excluding hydrogens is 190 g/mol. The molecule has 1 N–H and O–H groups in total. The van der Waals surface area contributed by atoms with E-state index < -0.39 is 0 Å². The topological polar surface area (TPSA) is 46.9 Å². The van der Waals surface area contributed by atoms with Crippen LogP contribution in [-0.2, 0) is 5.54 Å². The first-order chi connectivity index (χ1) is 6.79. The van der Waals surface area contributed by atoms with Crippen molar-refractivity contribution in [1.82, 2.24) is 9.55 Å². The van der Waals surface area contributed by atoms with E-state index in [0.29, 0.717) is 5.82 Å². The fourth-order valence-electron chi connectivity index (χ4n) is 1.75. The van der Waals surface area contributed by atoms with E-state index in [-0.39, 0.29) is 11.2 Å². The smallest absolute Gasteiger partial charge is 0.350 e. The van der Waals surface area contributed by atoms with Gasteiger partial charge in [-0.2, -0.15) is 4.98 Å². The molecule has 0 fully saturated rings. The van der Waals surface area contributed by atoms with Crippen LogP contribution in [0.25, 0.3) is 0 Å². The maximum atomic E-state index is 11.8. The van der Waals surface area contributed by atoms with Gasteiger partial charge in [-0.1, -0.05) is 0 Å². The quantitative estimate of drug-likeness (QED) is 0.765. The Morgan fingerprint density at radius 2 is 1.80 bits per heavy atom. The molecule has 1 rings (SSSR count). The Morgan fingerprint density at radius 1 is 1.27 bits per heavy atom. The first-order valence-electron chi connectivity index (χ1n) is 5.07. The Bertz CT molecular complexity index is 427. The zero-order valence-corrected chi connectivity index (χ0v) is 10.3. The number of nitrogens with zero attached hydrogens (tertiary/aromatic N) is 2. The summed E-state index contributed by atoms with van der Waals surface area (Å²) in [6, 6.07) is 0. The molecule has 0 aliphatic heterocycles. The van der Waals surface area contributed by atoms with Crippen LogP contribution in [0.2, 0.25) is 0 Å². The van der Waals surface area contributed by atoms with Gasteiger partial charge in [0.05, 0.1) is 0 Å². The average molecular weight is 209 g/mol. The summed E-state index contributed by atoms with van der Waals surface area (Å²) in [6.45, 7) is 9.92. The van der Waals surface area contributed by atoms with Crippen LogP contribution < -0.4 is 11.0 Å². The molecule has 0 radical (unpaired) electrons. The van der Waals surface area contributed by atoms with Gasteiger partial charge in [-0.25, -0.2) is 4.79 Å². The Labute approximate surface area is 90.3 Å². The fourth-order valence-corrected chi connectivity index (χ4v) is 1.75. The van der Waals surface area contributed by atoms with Gasteiger partial charge in [0.25, 0.3) is 0 Å². The van der Waals surface area contributed by atoms with Crippen molar-refractivity contribution in [1.29, 1.82) is 0 Å². The zero-order chi connectivity index (χ0) is 11.8. The lowest BCUT2D eigenvalue weighted by atomic mass is 10.1. The van der Waals surface area contributed by atoms with Gasteiger partial charge >= 0.3 is 5.69 Å². The monoisotopic (exact) mass is 209 g/mol. The third-order valence-corrected chi connectivity index (χ3v) is 2.54. The van der Waals surface area contributed by atoms with E-state index in [4.69, 9.17) is 0 Å². The van der Waals surface area contributed by atoms with E-state index in [9.17, 15) is 4.79 Å². The Morgan fingerprint density at radius 3 is 2.20 bits per heavy atom. The van der Waals surface area contributed by atoms with Gasteiger partial charge in [0.15, 0.2) is 0 Å². The molecule has 4 heteroatoms. The molecule has 0 amide bonds. The minimum absolute atomic E-state index is 0.199. The summed E-state index contributed by atoms with van der Waals surface area (Å²) >= 11 is 0. The zero-order valence-electron chi connectivity index (χ0n) is 10.3. The van der Waals surface area contributed by atoms with Crippen molar-refractivity contribution >= 4 is 5.82 Å². The minimum atomic E-state index is -0.231. The summed E-state index contributed by atoms with van der Waals surface area (Å²) in [6.07, 6.45) is 0. The van der Waals surface area contributed by atoms with E-state index >= 15 is 0 Å². The van der Waals surface area contributed by atoms with Gasteiger partial charge in [0.2, 0.25) is 0 Å². The van der Waals surface area contributed by atoms with Crippen LogP contribution in [0.1, 0.15) is 32.0 Å². The molecule has 15 heavy (non-hydrogen) atoms. The molecule has 1 heterocycles. The lowest BCUT2D eigenvalue weighted by Gasteiger charge is -2.26. The Kier molecular flexibility index (Phi) is 2.88. The lowest BCUT2D eigenvalue weighted by molar-refractivity contribution is 0.368. The number of hydrogen-bond donors (Lipinski definition) is 1. The summed E-state index contributed by atoms with van der Waals surface area (Å²) in [5.41, 5.74) is 1.55. The van der Waals surface area contributed by atoms with Crippen molar-refractivity contribution in [2.45, 2.75) is 40.2 Å². The first-order valence-corrected chi connectivity index (χ1v) is 5.07. The molecule has 0 saturated heterocycles. The molecule has 0 saturated carbocycles. The van der Waals surface area contributed by atoms with Crippen molar-refractivity contribution in [3.05, 3.63) is 21.7 Å². The molecule has 0 aliphatic carbocycles. The first kappa shape index (κ1) is 11.8. The molecular formula is C11H19N3O. The van der Waals surface area contributed by atoms with Crippen LogP contribution in [-0.4, -0.2) is 16.6 Å². The summed E-state index contributed by atoms with van der Waals surface area (Å²) < 4.78 is 1.73. The van der Waals surface area contributed by atoms with Crippen molar-refractivity contribution in [3.8, 4) is 0 Å². The minimum Gasteiger partial charge on any atom is -0.373 e. The molecule has 84 valence electrons. The molecule has 1 aromatic heterocycles. The van der Waals surface area contributed by atoms with Gasteiger partial charge < -0.3 is 5.32 Å². The highest BCUT2D eigenvalue weighted by atomic mass is 16.1. The molecule has 0 bridgehead atoms. The van der Waals surface area contributed by atoms with E-state index in [1.807, 2.05) is 34.6 Å². The predicted molar refractivity (Wildman–Crippen MR) is 62.5 cm³/mol. The van der Waals surface area contributed by atoms with Gasteiger partial charge in [0.1, 0.15) is 5.82 Å². The fraction of sp³-hybridized carbons (Fsp3) is 0.636. The van der Waals surface area contributed by atoms with Crippen molar-refractivity contribution in [2.24, 2.45) is 0 Å². The van der Waals surface area contributed by atoms with Gasteiger partial charge in [-0.15, -0.1) is 0 Å². The van der Waals surface area contributed by atoms with Crippen LogP contribution >= 0.6 is 0 Å². The molecule has 0 aliphatic rings. The second kappa shape index (κ2) is 3.68. The standard InChI is InChI=1S/C11H19N3O/c1-7-8(2)14(11(3,4)5)10(15)13-9(7)12-6/h1-6H3,(H,12,13,15). The predicted octanol–water partition coefficient (Wildman–Crippen LogP) is 1.66. The maximum Gasteiger partial charge on any atom is 0.350 e. The SMILES string of the molecule is CNc1nc(=O)n(C(C)(C)C)c(C)c1C. The van der Waals surface area contributed by atoms with Gasteiger partial charge in [0, 0.05) is 23.8 Å². The Balaban J connectivity index is 3.58. The van der Waals surface area contributed by atoms with E-state index in [0.717, 1.165) is 11.3 Å². The van der Waals surface area contributed by atoms with E-state index in [1.165, 1.54) is 0 Å². The second-order valence-corrected chi connectivity index (χ2v) is 4.71. The van der Waals surface area contributed by atoms with Crippen LogP contribution in [0.3, 0.4) is 0 Å². The van der Waals surface area contributed by atoms with Crippen molar-refractivity contribution < 1.29 is 0 Å². The number of hydrogen-bond acceptors (Lipinski definition) is 3. The van der Waals surface area contributed by atoms with Crippen LogP contribution in [0.4, 0.5) is 5.82 Å². The van der Waals surface area contributed by atoms with Crippen LogP contribution in [0.15, 0.2) is 4.79 Å². The number of anilines is 1. The molecule has 1 aromatic rings. The normalized spacial score (nSPS) is 11.6. The third kappa shape index (κ3) is 2.03. The molecule has 0 spiro atoms. The summed E-state index contributed by atoms with van der Waals surface area (Å²) in [4.78, 5) is 15.8. The Hall–Kier alpha value is -1.32. The summed E-state index contributed by atoms with van der Waals surface area (Å²) in [5.74, 6) is 0.665. The van der Waals surface area contributed by atoms with Gasteiger partial charge in [-0.05, 0) is 34.6 Å². The van der Waals surface area contributed by atoms with E-state index in [1.54, 1.807) is 11.6 Å². The highest BCUT2D eigenvalue weighted by Crippen LogP contribution is 2.19. The largest absolute Gasteiger partial charge is 0.373 e.